The van der Waals surface area contributed by atoms with Crippen LogP contribution in [0.3, 0.4) is 0 Å². The molecule has 0 aliphatic carbocycles. The number of rotatable bonds is 6. The summed E-state index contributed by atoms with van der Waals surface area (Å²) in [5.41, 5.74) is -2.32. The first kappa shape index (κ1) is 25.4. The number of hydrogen-bond acceptors (Lipinski definition) is 11. The van der Waals surface area contributed by atoms with Crippen molar-refractivity contribution in [2.75, 3.05) is 39.2 Å². The van der Waals surface area contributed by atoms with Gasteiger partial charge in [-0.05, 0) is 31.3 Å². The summed E-state index contributed by atoms with van der Waals surface area (Å²) in [6.45, 7) is -1.82. The minimum absolute atomic E-state index is 0.0263. The number of piperidine rings is 1. The van der Waals surface area contributed by atoms with Gasteiger partial charge in [0.1, 0.15) is 24.6 Å². The fourth-order valence-corrected chi connectivity index (χ4v) is 4.29. The van der Waals surface area contributed by atoms with Crippen LogP contribution in [-0.4, -0.2) is 91.4 Å². The van der Waals surface area contributed by atoms with E-state index < -0.39 is 42.7 Å². The Morgan fingerprint density at radius 1 is 1.06 bits per heavy atom. The van der Waals surface area contributed by atoms with E-state index >= 15 is 0 Å². The number of nitrogens with one attached hydrogen (secondary N) is 1. The molecule has 6 N–H and O–H groups in total. The average Bonchev–Trinajstić information content (AvgIpc) is 2.77. The van der Waals surface area contributed by atoms with Crippen LogP contribution in [0.4, 0.5) is 15.9 Å². The minimum atomic E-state index is -2.90. The number of hydrogen-bond donors (Lipinski definition) is 6. The highest BCUT2D eigenvalue weighted by molar-refractivity contribution is 9.10. The summed E-state index contributed by atoms with van der Waals surface area (Å²) in [5, 5.41) is 55.7. The summed E-state index contributed by atoms with van der Waals surface area (Å²) < 4.78 is 25.9. The third-order valence-electron chi connectivity index (χ3n) is 5.85. The number of ether oxygens (including phenoxy) is 2. The van der Waals surface area contributed by atoms with Gasteiger partial charge in [0.05, 0.1) is 31.4 Å². The molecule has 0 atom stereocenters. The van der Waals surface area contributed by atoms with E-state index in [0.29, 0.717) is 15.4 Å². The van der Waals surface area contributed by atoms with Gasteiger partial charge in [0.15, 0.2) is 11.5 Å². The molecule has 0 spiro atoms. The van der Waals surface area contributed by atoms with E-state index in [1.54, 1.807) is 6.07 Å². The molecule has 1 saturated heterocycles. The number of likely N-dealkylation sites (tertiary alicyclic amines) is 1. The Balaban J connectivity index is 1.67. The molecule has 2 aromatic carbocycles. The molecule has 11 nitrogen and oxygen atoms in total. The lowest BCUT2D eigenvalue weighted by atomic mass is 9.80. The molecule has 0 unspecified atom stereocenters. The predicted molar refractivity (Wildman–Crippen MR) is 126 cm³/mol. The first-order valence-electron chi connectivity index (χ1n) is 10.3. The topological polar surface area (TPSA) is 161 Å². The molecule has 0 radical (unpaired) electrons. The van der Waals surface area contributed by atoms with Crippen LogP contribution in [0.15, 0.2) is 41.1 Å². The van der Waals surface area contributed by atoms with Gasteiger partial charge in [-0.3, -0.25) is 4.90 Å². The summed E-state index contributed by atoms with van der Waals surface area (Å²) >= 11 is 3.21. The van der Waals surface area contributed by atoms with Gasteiger partial charge in [-0.2, -0.15) is 0 Å². The Kier molecular flexibility index (Phi) is 6.61. The van der Waals surface area contributed by atoms with Gasteiger partial charge in [0, 0.05) is 15.9 Å². The average molecular weight is 555 g/mol. The van der Waals surface area contributed by atoms with Crippen LogP contribution in [0, 0.1) is 5.82 Å². The summed E-state index contributed by atoms with van der Waals surface area (Å²) in [4.78, 5) is 9.59. The van der Waals surface area contributed by atoms with Crippen molar-refractivity contribution in [1.82, 2.24) is 14.9 Å². The van der Waals surface area contributed by atoms with Crippen LogP contribution in [0.5, 0.6) is 11.5 Å². The molecule has 4 rings (SSSR count). The van der Waals surface area contributed by atoms with Crippen molar-refractivity contribution < 1.29 is 39.4 Å². The number of halogens is 2. The smallest absolute Gasteiger partial charge is 0.214 e. The number of methoxy groups -OCH3 is 1. The number of β-amino-alcohol motifs (C(OH)–C–C–N with tert-alkyl or cyclic N) is 4. The van der Waals surface area contributed by atoms with Crippen molar-refractivity contribution in [3.63, 3.8) is 0 Å². The van der Waals surface area contributed by atoms with Crippen LogP contribution in [0.2, 0.25) is 0 Å². The molecule has 0 bridgehead atoms. The van der Waals surface area contributed by atoms with Gasteiger partial charge in [-0.1, -0.05) is 15.9 Å². The Morgan fingerprint density at radius 3 is 2.37 bits per heavy atom. The number of aliphatic hydroxyl groups is 5. The van der Waals surface area contributed by atoms with Crippen LogP contribution in [-0.2, 0) is 0 Å². The number of benzene rings is 2. The quantitative estimate of drug-likeness (QED) is 0.238. The van der Waals surface area contributed by atoms with Crippen LogP contribution >= 0.6 is 15.9 Å². The molecule has 1 aromatic heterocycles. The van der Waals surface area contributed by atoms with E-state index in [4.69, 9.17) is 9.47 Å². The zero-order valence-electron chi connectivity index (χ0n) is 18.7. The lowest BCUT2D eigenvalue weighted by Gasteiger charge is -2.52. The van der Waals surface area contributed by atoms with E-state index in [-0.39, 0.29) is 23.0 Å². The SMILES string of the molecule is COc1cc2c(Nc3ccc(Br)cc3F)ncnc2cc1OCC1(O)C(O)(O)CN(C)CC1(O)O. The minimum Gasteiger partial charge on any atom is -0.493 e. The predicted octanol–water partition coefficient (Wildman–Crippen LogP) is 0.701. The molecule has 0 amide bonds. The summed E-state index contributed by atoms with van der Waals surface area (Å²) in [6, 6.07) is 7.45. The highest BCUT2D eigenvalue weighted by Crippen LogP contribution is 2.39. The monoisotopic (exact) mass is 554 g/mol. The standard InChI is InChI=1S/C22H24BrFN4O7/c1-28-8-21(30,31)20(29,22(32,33)9-28)10-35-18-7-16-13(6-17(18)34-2)19(26-11-25-16)27-15-4-3-12(23)5-14(15)24/h3-7,11,29-33H,8-10H2,1-2H3,(H,25,26,27). The largest absolute Gasteiger partial charge is 0.493 e. The normalized spacial score (nSPS) is 18.9. The molecule has 2 heterocycles. The van der Waals surface area contributed by atoms with Crippen molar-refractivity contribution in [3.05, 3.63) is 46.9 Å². The lowest BCUT2D eigenvalue weighted by molar-refractivity contribution is -0.407. The second-order valence-corrected chi connectivity index (χ2v) is 9.36. The number of anilines is 2. The molecule has 13 heteroatoms. The van der Waals surface area contributed by atoms with Crippen molar-refractivity contribution in [2.45, 2.75) is 17.2 Å². The lowest BCUT2D eigenvalue weighted by Crippen LogP contribution is -2.79. The van der Waals surface area contributed by atoms with Crippen molar-refractivity contribution >= 4 is 38.3 Å². The van der Waals surface area contributed by atoms with Crippen molar-refractivity contribution in [1.29, 1.82) is 0 Å². The summed E-state index contributed by atoms with van der Waals surface area (Å²) in [7, 11) is 2.79. The highest BCUT2D eigenvalue weighted by Gasteiger charge is 2.66. The van der Waals surface area contributed by atoms with Gasteiger partial charge >= 0.3 is 0 Å². The van der Waals surface area contributed by atoms with Crippen LogP contribution < -0.4 is 14.8 Å². The molecular weight excluding hydrogens is 531 g/mol. The summed E-state index contributed by atoms with van der Waals surface area (Å²) in [6.07, 6.45) is 1.25. The third kappa shape index (κ3) is 4.63. The van der Waals surface area contributed by atoms with E-state index in [2.05, 4.69) is 31.2 Å². The second-order valence-electron chi connectivity index (χ2n) is 8.45. The van der Waals surface area contributed by atoms with E-state index in [1.165, 1.54) is 49.7 Å². The Labute approximate surface area is 207 Å². The van der Waals surface area contributed by atoms with E-state index in [0.717, 1.165) is 0 Å². The van der Waals surface area contributed by atoms with Gasteiger partial charge in [-0.25, -0.2) is 14.4 Å². The molecule has 0 saturated carbocycles. The maximum Gasteiger partial charge on any atom is 0.214 e. The molecule has 188 valence electrons. The third-order valence-corrected chi connectivity index (χ3v) is 6.34. The zero-order valence-corrected chi connectivity index (χ0v) is 20.3. The summed E-state index contributed by atoms with van der Waals surface area (Å²) in [5.74, 6) is -5.85. The van der Waals surface area contributed by atoms with Gasteiger partial charge < -0.3 is 40.3 Å². The van der Waals surface area contributed by atoms with Gasteiger partial charge in [0.25, 0.3) is 0 Å². The molecule has 1 fully saturated rings. The zero-order chi connectivity index (χ0) is 25.6. The van der Waals surface area contributed by atoms with Crippen LogP contribution in [0.25, 0.3) is 10.9 Å². The maximum absolute atomic E-state index is 14.3. The molecule has 1 aliphatic rings. The Morgan fingerprint density at radius 2 is 1.74 bits per heavy atom. The second kappa shape index (κ2) is 9.09. The molecule has 35 heavy (non-hydrogen) atoms. The Hall–Kier alpha value is -2.65. The number of likely N-dealkylation sites (N-methyl/N-ethyl adjacent to an activating group) is 1. The van der Waals surface area contributed by atoms with Gasteiger partial charge in [-0.15, -0.1) is 0 Å². The van der Waals surface area contributed by atoms with Crippen molar-refractivity contribution in [2.24, 2.45) is 0 Å². The number of fused-ring (bicyclic) bond motifs is 1. The fraction of sp³-hybridized carbons (Fsp3) is 0.364. The van der Waals surface area contributed by atoms with Crippen LogP contribution in [0.1, 0.15) is 0 Å². The maximum atomic E-state index is 14.3. The Bertz CT molecular complexity index is 1240. The molecular formula is C22H24BrFN4O7. The van der Waals surface area contributed by atoms with E-state index in [9.17, 15) is 29.9 Å². The first-order valence-corrected chi connectivity index (χ1v) is 11.1. The first-order chi connectivity index (χ1) is 16.4. The highest BCUT2D eigenvalue weighted by atomic mass is 79.9. The fourth-order valence-electron chi connectivity index (χ4n) is 3.96. The molecule has 1 aliphatic heterocycles. The molecule has 3 aromatic rings. The van der Waals surface area contributed by atoms with E-state index in [1.807, 2.05) is 0 Å². The number of nitrogens with zero attached hydrogens (tertiary/aromatic N) is 3. The van der Waals surface area contributed by atoms with Crippen molar-refractivity contribution in [3.8, 4) is 11.5 Å². The van der Waals surface area contributed by atoms with Gasteiger partial charge in [0.2, 0.25) is 17.2 Å². The number of aromatic nitrogens is 2.